The van der Waals surface area contributed by atoms with Crippen LogP contribution in [0.2, 0.25) is 0 Å². The molecule has 34 heavy (non-hydrogen) atoms. The van der Waals surface area contributed by atoms with Crippen molar-refractivity contribution in [1.82, 2.24) is 19.9 Å². The van der Waals surface area contributed by atoms with Gasteiger partial charge in [-0.1, -0.05) is 47.1 Å². The first-order valence-electron chi connectivity index (χ1n) is 11.6. The van der Waals surface area contributed by atoms with E-state index in [-0.39, 0.29) is 18.3 Å². The minimum Gasteiger partial charge on any atom is -0.484 e. The summed E-state index contributed by atoms with van der Waals surface area (Å²) >= 11 is 0. The normalized spacial score (nSPS) is 14.2. The van der Waals surface area contributed by atoms with E-state index in [4.69, 9.17) is 9.26 Å². The molecule has 1 amide bonds. The monoisotopic (exact) mass is 462 g/mol. The molecule has 1 fully saturated rings. The molecule has 0 aliphatic carbocycles. The summed E-state index contributed by atoms with van der Waals surface area (Å²) in [6, 6.07) is 15.6. The van der Waals surface area contributed by atoms with Gasteiger partial charge < -0.3 is 19.0 Å². The molecule has 0 saturated carbocycles. The Morgan fingerprint density at radius 1 is 1.00 bits per heavy atom. The summed E-state index contributed by atoms with van der Waals surface area (Å²) in [5, 5.41) is 4.09. The van der Waals surface area contributed by atoms with E-state index in [0.29, 0.717) is 43.5 Å². The largest absolute Gasteiger partial charge is 0.484 e. The first-order valence-corrected chi connectivity index (χ1v) is 11.6. The van der Waals surface area contributed by atoms with Crippen molar-refractivity contribution in [2.75, 3.05) is 32.8 Å². The van der Waals surface area contributed by atoms with E-state index >= 15 is 0 Å². The van der Waals surface area contributed by atoms with Crippen molar-refractivity contribution in [2.24, 2.45) is 0 Å². The third kappa shape index (κ3) is 6.51. The van der Waals surface area contributed by atoms with Crippen LogP contribution in [0.25, 0.3) is 11.4 Å². The van der Waals surface area contributed by atoms with Gasteiger partial charge in [-0.05, 0) is 38.0 Å². The molecule has 1 aromatic heterocycles. The fourth-order valence-corrected chi connectivity index (χ4v) is 3.79. The molecule has 0 bridgehead atoms. The summed E-state index contributed by atoms with van der Waals surface area (Å²) in [6.45, 7) is 6.94. The second-order valence-electron chi connectivity index (χ2n) is 8.67. The van der Waals surface area contributed by atoms with E-state index in [1.54, 1.807) is 6.92 Å². The molecule has 0 radical (unpaired) electrons. The molecule has 8 nitrogen and oxygen atoms in total. The summed E-state index contributed by atoms with van der Waals surface area (Å²) in [6.07, 6.45) is 1.25. The second kappa shape index (κ2) is 11.1. The van der Waals surface area contributed by atoms with Gasteiger partial charge >= 0.3 is 0 Å². The third-order valence-electron chi connectivity index (χ3n) is 5.91. The van der Waals surface area contributed by atoms with Gasteiger partial charge in [0.25, 0.3) is 5.91 Å². The summed E-state index contributed by atoms with van der Waals surface area (Å²) in [5.41, 5.74) is 3.20. The van der Waals surface area contributed by atoms with Crippen LogP contribution in [-0.4, -0.2) is 64.4 Å². The first-order chi connectivity index (χ1) is 16.5. The van der Waals surface area contributed by atoms with Crippen LogP contribution in [0.1, 0.15) is 30.4 Å². The molecular weight excluding hydrogens is 432 g/mol. The summed E-state index contributed by atoms with van der Waals surface area (Å²) in [4.78, 5) is 32.2. The number of aryl methyl sites for hydroxylation is 2. The highest BCUT2D eigenvalue weighted by Gasteiger charge is 2.23. The Morgan fingerprint density at radius 2 is 1.71 bits per heavy atom. The third-order valence-corrected chi connectivity index (χ3v) is 5.91. The smallest absolute Gasteiger partial charge is 0.260 e. The molecule has 178 valence electrons. The SMILES string of the molecule is CC(=O)CCc1ccc(OCC(=O)N2CCN(Cc3nc(-c4ccc(C)cc4)no3)CC2)cc1. The van der Waals surface area contributed by atoms with Gasteiger partial charge in [0, 0.05) is 38.2 Å². The van der Waals surface area contributed by atoms with Gasteiger partial charge in [0.2, 0.25) is 11.7 Å². The Hall–Kier alpha value is -3.52. The van der Waals surface area contributed by atoms with Crippen molar-refractivity contribution < 1.29 is 18.8 Å². The number of ketones is 1. The topological polar surface area (TPSA) is 88.8 Å². The molecule has 0 spiro atoms. The maximum atomic E-state index is 12.6. The van der Waals surface area contributed by atoms with E-state index < -0.39 is 0 Å². The lowest BCUT2D eigenvalue weighted by molar-refractivity contribution is -0.135. The number of hydrogen-bond donors (Lipinski definition) is 0. The standard InChI is InChI=1S/C26H30N4O4/c1-19-3-9-22(10-4-19)26-27-24(34-28-26)17-29-13-15-30(16-14-29)25(32)18-33-23-11-7-21(8-12-23)6-5-20(2)31/h3-4,7-12H,5-6,13-18H2,1-2H3. The summed E-state index contributed by atoms with van der Waals surface area (Å²) < 4.78 is 11.1. The van der Waals surface area contributed by atoms with Crippen LogP contribution in [0.5, 0.6) is 5.75 Å². The Morgan fingerprint density at radius 3 is 2.38 bits per heavy atom. The molecule has 4 rings (SSSR count). The van der Waals surface area contributed by atoms with Gasteiger partial charge in [-0.3, -0.25) is 9.69 Å². The minimum atomic E-state index is -0.0280. The van der Waals surface area contributed by atoms with Crippen LogP contribution in [0.3, 0.4) is 0 Å². The Labute approximate surface area is 199 Å². The lowest BCUT2D eigenvalue weighted by atomic mass is 10.1. The molecule has 1 aliphatic heterocycles. The van der Waals surface area contributed by atoms with Crippen LogP contribution in [0.4, 0.5) is 0 Å². The number of carbonyl (C=O) groups is 2. The molecule has 1 aliphatic rings. The number of Topliss-reactive ketones (excluding diaryl/α,β-unsaturated/α-hetero) is 1. The zero-order chi connectivity index (χ0) is 23.9. The Bertz CT molecular complexity index is 1100. The summed E-state index contributed by atoms with van der Waals surface area (Å²) in [5.74, 6) is 1.97. The van der Waals surface area contributed by atoms with Crippen molar-refractivity contribution in [2.45, 2.75) is 33.2 Å². The first kappa shape index (κ1) is 23.6. The van der Waals surface area contributed by atoms with Crippen molar-refractivity contribution in [1.29, 1.82) is 0 Å². The lowest BCUT2D eigenvalue weighted by Gasteiger charge is -2.33. The maximum absolute atomic E-state index is 12.6. The average Bonchev–Trinajstić information content (AvgIpc) is 3.31. The lowest BCUT2D eigenvalue weighted by Crippen LogP contribution is -2.49. The van der Waals surface area contributed by atoms with Crippen molar-refractivity contribution in [3.63, 3.8) is 0 Å². The van der Waals surface area contributed by atoms with Gasteiger partial charge in [-0.2, -0.15) is 4.98 Å². The number of amides is 1. The highest BCUT2D eigenvalue weighted by Crippen LogP contribution is 2.18. The fourth-order valence-electron chi connectivity index (χ4n) is 3.79. The molecule has 1 saturated heterocycles. The molecule has 2 heterocycles. The average molecular weight is 463 g/mol. The van der Waals surface area contributed by atoms with Crippen LogP contribution in [-0.2, 0) is 22.6 Å². The number of benzene rings is 2. The van der Waals surface area contributed by atoms with E-state index in [1.807, 2.05) is 60.4 Å². The summed E-state index contributed by atoms with van der Waals surface area (Å²) in [7, 11) is 0. The minimum absolute atomic E-state index is 0.0103. The zero-order valence-electron chi connectivity index (χ0n) is 19.7. The molecule has 0 unspecified atom stereocenters. The van der Waals surface area contributed by atoms with E-state index in [0.717, 1.165) is 30.6 Å². The van der Waals surface area contributed by atoms with Crippen LogP contribution in [0, 0.1) is 6.92 Å². The predicted octanol–water partition coefficient (Wildman–Crippen LogP) is 3.29. The van der Waals surface area contributed by atoms with Crippen molar-refractivity contribution in [3.8, 4) is 17.1 Å². The van der Waals surface area contributed by atoms with Crippen LogP contribution >= 0.6 is 0 Å². The number of nitrogens with zero attached hydrogens (tertiary/aromatic N) is 4. The molecule has 3 aromatic rings. The Balaban J connectivity index is 1.20. The van der Waals surface area contributed by atoms with E-state index in [1.165, 1.54) is 5.56 Å². The van der Waals surface area contributed by atoms with Gasteiger partial charge in [0.05, 0.1) is 6.54 Å². The van der Waals surface area contributed by atoms with Crippen molar-refractivity contribution in [3.05, 3.63) is 65.5 Å². The van der Waals surface area contributed by atoms with E-state index in [2.05, 4.69) is 15.0 Å². The highest BCUT2D eigenvalue weighted by atomic mass is 16.5. The quantitative estimate of drug-likeness (QED) is 0.482. The maximum Gasteiger partial charge on any atom is 0.260 e. The van der Waals surface area contributed by atoms with E-state index in [9.17, 15) is 9.59 Å². The van der Waals surface area contributed by atoms with Gasteiger partial charge in [0.1, 0.15) is 11.5 Å². The predicted molar refractivity (Wildman–Crippen MR) is 127 cm³/mol. The van der Waals surface area contributed by atoms with Gasteiger partial charge in [-0.15, -0.1) is 0 Å². The molecule has 0 atom stereocenters. The van der Waals surface area contributed by atoms with Gasteiger partial charge in [0.15, 0.2) is 6.61 Å². The molecule has 2 aromatic carbocycles. The number of carbonyl (C=O) groups excluding carboxylic acids is 2. The zero-order valence-corrected chi connectivity index (χ0v) is 19.7. The number of piperazine rings is 1. The number of ether oxygens (including phenoxy) is 1. The molecular formula is C26H30N4O4. The number of hydrogen-bond acceptors (Lipinski definition) is 7. The number of rotatable bonds is 9. The van der Waals surface area contributed by atoms with Crippen molar-refractivity contribution >= 4 is 11.7 Å². The molecule has 0 N–H and O–H groups in total. The fraction of sp³-hybridized carbons (Fsp3) is 0.385. The highest BCUT2D eigenvalue weighted by molar-refractivity contribution is 5.78. The van der Waals surface area contributed by atoms with Gasteiger partial charge in [-0.25, -0.2) is 0 Å². The molecule has 8 heteroatoms. The Kier molecular flexibility index (Phi) is 7.69. The van der Waals surface area contributed by atoms with Crippen LogP contribution in [0.15, 0.2) is 53.1 Å². The second-order valence-corrected chi connectivity index (χ2v) is 8.67. The van der Waals surface area contributed by atoms with Crippen LogP contribution < -0.4 is 4.74 Å². The number of aromatic nitrogens is 2.